The van der Waals surface area contributed by atoms with Crippen molar-refractivity contribution < 1.29 is 23.9 Å². The van der Waals surface area contributed by atoms with E-state index in [-0.39, 0.29) is 23.7 Å². The molecule has 0 unspecified atom stereocenters. The van der Waals surface area contributed by atoms with Gasteiger partial charge in [0.2, 0.25) is 5.69 Å². The standard InChI is InChI=1S/C16H17N3O5/c1-9-5-6-11(10(2)7-9)12(20)8-19-14(16(22)24-4)13(17-18-19)15(21)23-3/h5-7H,8H2,1-4H3. The number of rotatable bonds is 5. The Morgan fingerprint density at radius 1 is 1.08 bits per heavy atom. The number of ketones is 1. The third-order valence-corrected chi connectivity index (χ3v) is 3.47. The van der Waals surface area contributed by atoms with Gasteiger partial charge >= 0.3 is 11.9 Å². The lowest BCUT2D eigenvalue weighted by atomic mass is 10.0. The molecule has 8 heteroatoms. The number of carbonyl (C=O) groups excluding carboxylic acids is 3. The predicted octanol–water partition coefficient (Wildman–Crippen LogP) is 1.35. The van der Waals surface area contributed by atoms with Crippen LogP contribution in [0.15, 0.2) is 18.2 Å². The van der Waals surface area contributed by atoms with Gasteiger partial charge in [-0.3, -0.25) is 4.79 Å². The minimum Gasteiger partial charge on any atom is -0.464 e. The van der Waals surface area contributed by atoms with Crippen LogP contribution in [-0.4, -0.2) is 46.9 Å². The largest absolute Gasteiger partial charge is 0.464 e. The van der Waals surface area contributed by atoms with E-state index in [1.807, 2.05) is 26.0 Å². The second-order valence-electron chi connectivity index (χ2n) is 5.17. The van der Waals surface area contributed by atoms with Crippen LogP contribution in [0.3, 0.4) is 0 Å². The molecule has 0 bridgehead atoms. The molecule has 126 valence electrons. The Hall–Kier alpha value is -3.03. The molecule has 0 saturated carbocycles. The highest BCUT2D eigenvalue weighted by Gasteiger charge is 2.28. The van der Waals surface area contributed by atoms with Crippen LogP contribution in [0.5, 0.6) is 0 Å². The van der Waals surface area contributed by atoms with Crippen molar-refractivity contribution in [2.24, 2.45) is 0 Å². The van der Waals surface area contributed by atoms with Crippen molar-refractivity contribution in [2.45, 2.75) is 20.4 Å². The predicted molar refractivity (Wildman–Crippen MR) is 82.9 cm³/mol. The number of benzene rings is 1. The first-order chi connectivity index (χ1) is 11.4. The smallest absolute Gasteiger partial charge is 0.361 e. The zero-order valence-electron chi connectivity index (χ0n) is 13.8. The molecule has 0 radical (unpaired) electrons. The number of esters is 2. The molecule has 1 heterocycles. The second kappa shape index (κ2) is 7.03. The van der Waals surface area contributed by atoms with Gasteiger partial charge in [-0.15, -0.1) is 5.10 Å². The Labute approximate surface area is 138 Å². The molecule has 1 aromatic heterocycles. The van der Waals surface area contributed by atoms with Crippen molar-refractivity contribution in [1.29, 1.82) is 0 Å². The Morgan fingerprint density at radius 3 is 2.33 bits per heavy atom. The third-order valence-electron chi connectivity index (χ3n) is 3.47. The van der Waals surface area contributed by atoms with Gasteiger partial charge in [-0.2, -0.15) is 0 Å². The summed E-state index contributed by atoms with van der Waals surface area (Å²) < 4.78 is 10.2. The van der Waals surface area contributed by atoms with E-state index < -0.39 is 11.9 Å². The highest BCUT2D eigenvalue weighted by molar-refractivity contribution is 6.01. The van der Waals surface area contributed by atoms with Crippen molar-refractivity contribution in [2.75, 3.05) is 14.2 Å². The average molecular weight is 331 g/mol. The van der Waals surface area contributed by atoms with Crippen LogP contribution in [0.25, 0.3) is 0 Å². The fraction of sp³-hybridized carbons (Fsp3) is 0.312. The molecule has 24 heavy (non-hydrogen) atoms. The molecular weight excluding hydrogens is 314 g/mol. The third kappa shape index (κ3) is 3.32. The van der Waals surface area contributed by atoms with Crippen molar-refractivity contribution in [1.82, 2.24) is 15.0 Å². The van der Waals surface area contributed by atoms with Gasteiger partial charge in [0.1, 0.15) is 6.54 Å². The SMILES string of the molecule is COC(=O)c1nnn(CC(=O)c2ccc(C)cc2C)c1C(=O)OC. The van der Waals surface area contributed by atoms with Crippen molar-refractivity contribution in [3.63, 3.8) is 0 Å². The maximum Gasteiger partial charge on any atom is 0.361 e. The van der Waals surface area contributed by atoms with E-state index in [9.17, 15) is 14.4 Å². The topological polar surface area (TPSA) is 100 Å². The number of hydrogen-bond donors (Lipinski definition) is 0. The zero-order chi connectivity index (χ0) is 17.9. The van der Waals surface area contributed by atoms with Gasteiger partial charge in [0.05, 0.1) is 14.2 Å². The van der Waals surface area contributed by atoms with Crippen LogP contribution in [0, 0.1) is 13.8 Å². The Kier molecular flexibility index (Phi) is 5.08. The number of hydrogen-bond acceptors (Lipinski definition) is 7. The first kappa shape index (κ1) is 17.3. The van der Waals surface area contributed by atoms with E-state index in [0.29, 0.717) is 5.56 Å². The highest BCUT2D eigenvalue weighted by Crippen LogP contribution is 2.14. The van der Waals surface area contributed by atoms with E-state index >= 15 is 0 Å². The lowest BCUT2D eigenvalue weighted by Gasteiger charge is -2.08. The number of carbonyl (C=O) groups is 3. The molecule has 0 N–H and O–H groups in total. The molecule has 0 atom stereocenters. The van der Waals surface area contributed by atoms with Gasteiger partial charge in [0.25, 0.3) is 0 Å². The minimum atomic E-state index is -0.833. The first-order valence-electron chi connectivity index (χ1n) is 7.09. The lowest BCUT2D eigenvalue weighted by Crippen LogP contribution is -2.20. The Bertz CT molecular complexity index is 810. The van der Waals surface area contributed by atoms with Crippen LogP contribution >= 0.6 is 0 Å². The summed E-state index contributed by atoms with van der Waals surface area (Å²) in [6, 6.07) is 5.42. The highest BCUT2D eigenvalue weighted by atomic mass is 16.5. The summed E-state index contributed by atoms with van der Waals surface area (Å²) in [7, 11) is 2.32. The van der Waals surface area contributed by atoms with Crippen LogP contribution in [-0.2, 0) is 16.0 Å². The molecule has 0 aliphatic heterocycles. The molecular formula is C16H17N3O5. The van der Waals surface area contributed by atoms with E-state index in [0.717, 1.165) is 30.0 Å². The van der Waals surface area contributed by atoms with Gasteiger partial charge in [0, 0.05) is 5.56 Å². The lowest BCUT2D eigenvalue weighted by molar-refractivity contribution is 0.0543. The van der Waals surface area contributed by atoms with Crippen LogP contribution in [0.1, 0.15) is 42.5 Å². The average Bonchev–Trinajstić information content (AvgIpc) is 2.96. The van der Waals surface area contributed by atoms with Gasteiger partial charge < -0.3 is 9.47 Å². The summed E-state index contributed by atoms with van der Waals surface area (Å²) in [4.78, 5) is 36.1. The molecule has 8 nitrogen and oxygen atoms in total. The van der Waals surface area contributed by atoms with Crippen molar-refractivity contribution >= 4 is 17.7 Å². The van der Waals surface area contributed by atoms with Gasteiger partial charge in [-0.1, -0.05) is 29.0 Å². The normalized spacial score (nSPS) is 10.3. The van der Waals surface area contributed by atoms with Crippen LogP contribution in [0.2, 0.25) is 0 Å². The molecule has 0 aliphatic carbocycles. The molecule has 1 aromatic carbocycles. The molecule has 2 rings (SSSR count). The summed E-state index contributed by atoms with van der Waals surface area (Å²) in [5.74, 6) is -1.92. The Balaban J connectivity index is 2.38. The summed E-state index contributed by atoms with van der Waals surface area (Å²) >= 11 is 0. The molecule has 0 amide bonds. The van der Waals surface area contributed by atoms with Crippen LogP contribution < -0.4 is 0 Å². The monoisotopic (exact) mass is 331 g/mol. The van der Waals surface area contributed by atoms with E-state index in [2.05, 4.69) is 19.8 Å². The molecule has 2 aromatic rings. The molecule has 0 fully saturated rings. The fourth-order valence-electron chi connectivity index (χ4n) is 2.30. The van der Waals surface area contributed by atoms with Crippen molar-refractivity contribution in [3.05, 3.63) is 46.3 Å². The van der Waals surface area contributed by atoms with Gasteiger partial charge in [-0.25, -0.2) is 14.3 Å². The number of ether oxygens (including phenoxy) is 2. The van der Waals surface area contributed by atoms with E-state index in [1.165, 1.54) is 0 Å². The maximum atomic E-state index is 12.5. The fourth-order valence-corrected chi connectivity index (χ4v) is 2.30. The van der Waals surface area contributed by atoms with E-state index in [1.54, 1.807) is 6.07 Å². The summed E-state index contributed by atoms with van der Waals surface area (Å²) in [6.45, 7) is 3.50. The van der Waals surface area contributed by atoms with E-state index in [4.69, 9.17) is 0 Å². The van der Waals surface area contributed by atoms with Crippen molar-refractivity contribution in [3.8, 4) is 0 Å². The minimum absolute atomic E-state index is 0.220. The first-order valence-corrected chi connectivity index (χ1v) is 7.09. The number of aryl methyl sites for hydroxylation is 2. The number of Topliss-reactive ketones (excluding diaryl/α,β-unsaturated/α-hetero) is 1. The molecule has 0 spiro atoms. The maximum absolute atomic E-state index is 12.5. The number of methoxy groups -OCH3 is 2. The van der Waals surface area contributed by atoms with Gasteiger partial charge in [-0.05, 0) is 19.4 Å². The quantitative estimate of drug-likeness (QED) is 0.602. The number of aromatic nitrogens is 3. The summed E-state index contributed by atoms with van der Waals surface area (Å²) in [5, 5.41) is 7.34. The Morgan fingerprint density at radius 2 is 1.75 bits per heavy atom. The second-order valence-corrected chi connectivity index (χ2v) is 5.17. The summed E-state index contributed by atoms with van der Waals surface area (Å²) in [6.07, 6.45) is 0. The number of nitrogens with zero attached hydrogens (tertiary/aromatic N) is 3. The van der Waals surface area contributed by atoms with Crippen LogP contribution in [0.4, 0.5) is 0 Å². The van der Waals surface area contributed by atoms with Gasteiger partial charge in [0.15, 0.2) is 11.5 Å². The molecule has 0 aliphatic rings. The molecule has 0 saturated heterocycles. The zero-order valence-corrected chi connectivity index (χ0v) is 13.8. The summed E-state index contributed by atoms with van der Waals surface area (Å²) in [5.41, 5.74) is 1.84.